The van der Waals surface area contributed by atoms with Crippen LogP contribution in [0.2, 0.25) is 5.02 Å². The molecular weight excluding hydrogens is 360 g/mol. The fourth-order valence-corrected chi connectivity index (χ4v) is 3.89. The minimum Gasteiger partial charge on any atom is -0.456 e. The Morgan fingerprint density at radius 1 is 1.28 bits per heavy atom. The van der Waals surface area contributed by atoms with Gasteiger partial charge in [0.1, 0.15) is 0 Å². The molecule has 1 aromatic heterocycles. The first-order chi connectivity index (χ1) is 12.1. The molecule has 1 aliphatic carbocycles. The first-order valence-corrected chi connectivity index (χ1v) is 9.53. The zero-order chi connectivity index (χ0) is 17.6. The van der Waals surface area contributed by atoms with E-state index in [4.69, 9.17) is 16.3 Å². The number of halogens is 1. The van der Waals surface area contributed by atoms with E-state index in [0.29, 0.717) is 28.2 Å². The molecule has 0 unspecified atom stereocenters. The van der Waals surface area contributed by atoms with Gasteiger partial charge < -0.3 is 4.74 Å². The minimum atomic E-state index is -0.389. The molecule has 0 spiro atoms. The van der Waals surface area contributed by atoms with Crippen LogP contribution in [0.1, 0.15) is 32.1 Å². The molecule has 1 N–H and O–H groups in total. The van der Waals surface area contributed by atoms with Gasteiger partial charge in [0, 0.05) is 22.4 Å². The number of aromatic nitrogens is 1. The predicted octanol–water partition coefficient (Wildman–Crippen LogP) is 4.53. The van der Waals surface area contributed by atoms with Gasteiger partial charge in [0.05, 0.1) is 5.69 Å². The molecule has 3 rings (SSSR count). The van der Waals surface area contributed by atoms with Crippen LogP contribution < -0.4 is 5.32 Å². The smallest absolute Gasteiger partial charge is 0.306 e. The zero-order valence-electron chi connectivity index (χ0n) is 13.7. The summed E-state index contributed by atoms with van der Waals surface area (Å²) in [7, 11) is 0. The SMILES string of the molecule is O=C(COC(=O)CC1CCCC1)Nc1nc(-c2ccccc2Cl)cs1. The standard InChI is InChI=1S/C18H19ClN2O3S/c19-14-8-4-3-7-13(14)15-11-25-18(20-15)21-16(22)10-24-17(23)9-12-5-1-2-6-12/h3-4,7-8,11-12H,1-2,5-6,9-10H2,(H,20,21,22). The Labute approximate surface area is 155 Å². The zero-order valence-corrected chi connectivity index (χ0v) is 15.2. The number of esters is 1. The Bertz CT molecular complexity index is 756. The van der Waals surface area contributed by atoms with Crippen molar-refractivity contribution in [2.24, 2.45) is 5.92 Å². The van der Waals surface area contributed by atoms with Gasteiger partial charge >= 0.3 is 5.97 Å². The molecule has 1 amide bonds. The van der Waals surface area contributed by atoms with Gasteiger partial charge in [-0.25, -0.2) is 4.98 Å². The average molecular weight is 379 g/mol. The van der Waals surface area contributed by atoms with Crippen LogP contribution in [0.3, 0.4) is 0 Å². The number of hydrogen-bond acceptors (Lipinski definition) is 5. The Kier molecular flexibility index (Phi) is 6.04. The molecule has 1 saturated carbocycles. The highest BCUT2D eigenvalue weighted by Gasteiger charge is 2.20. The van der Waals surface area contributed by atoms with Crippen molar-refractivity contribution < 1.29 is 14.3 Å². The minimum absolute atomic E-state index is 0.285. The average Bonchev–Trinajstić information content (AvgIpc) is 3.25. The fourth-order valence-electron chi connectivity index (χ4n) is 2.93. The number of amides is 1. The van der Waals surface area contributed by atoms with Gasteiger partial charge in [-0.1, -0.05) is 42.6 Å². The van der Waals surface area contributed by atoms with Crippen molar-refractivity contribution in [2.45, 2.75) is 32.1 Å². The van der Waals surface area contributed by atoms with Crippen molar-refractivity contribution in [1.82, 2.24) is 4.98 Å². The number of thiazole rings is 1. The normalized spacial score (nSPS) is 14.4. The summed E-state index contributed by atoms with van der Waals surface area (Å²) in [5, 5.41) is 5.53. The number of rotatable bonds is 6. The highest BCUT2D eigenvalue weighted by Crippen LogP contribution is 2.30. The lowest BCUT2D eigenvalue weighted by atomic mass is 10.1. The summed E-state index contributed by atoms with van der Waals surface area (Å²) in [6.45, 7) is -0.285. The molecule has 0 aliphatic heterocycles. The van der Waals surface area contributed by atoms with Crippen LogP contribution in [0, 0.1) is 5.92 Å². The highest BCUT2D eigenvalue weighted by molar-refractivity contribution is 7.14. The van der Waals surface area contributed by atoms with Crippen LogP contribution >= 0.6 is 22.9 Å². The van der Waals surface area contributed by atoms with Crippen LogP contribution in [0.15, 0.2) is 29.6 Å². The summed E-state index contributed by atoms with van der Waals surface area (Å²) < 4.78 is 5.05. The predicted molar refractivity (Wildman–Crippen MR) is 98.7 cm³/mol. The van der Waals surface area contributed by atoms with Crippen molar-refractivity contribution in [2.75, 3.05) is 11.9 Å². The van der Waals surface area contributed by atoms with E-state index in [2.05, 4.69) is 10.3 Å². The van der Waals surface area contributed by atoms with Crippen LogP contribution in [0.5, 0.6) is 0 Å². The molecule has 1 heterocycles. The van der Waals surface area contributed by atoms with Crippen molar-refractivity contribution in [3.63, 3.8) is 0 Å². The van der Waals surface area contributed by atoms with Gasteiger partial charge in [0.2, 0.25) is 0 Å². The Morgan fingerprint density at radius 3 is 2.80 bits per heavy atom. The third-order valence-electron chi connectivity index (χ3n) is 4.19. The van der Waals surface area contributed by atoms with Crippen molar-refractivity contribution in [3.8, 4) is 11.3 Å². The summed E-state index contributed by atoms with van der Waals surface area (Å²) in [6, 6.07) is 7.38. The van der Waals surface area contributed by atoms with Crippen LogP contribution in [-0.2, 0) is 14.3 Å². The number of carbonyl (C=O) groups is 2. The third-order valence-corrected chi connectivity index (χ3v) is 5.28. The first kappa shape index (κ1) is 17.9. The van der Waals surface area contributed by atoms with Gasteiger partial charge in [0.25, 0.3) is 5.91 Å². The van der Waals surface area contributed by atoms with Crippen molar-refractivity contribution in [3.05, 3.63) is 34.7 Å². The Hall–Kier alpha value is -1.92. The van der Waals surface area contributed by atoms with E-state index in [0.717, 1.165) is 18.4 Å². The number of nitrogens with one attached hydrogen (secondary N) is 1. The molecule has 0 saturated heterocycles. The molecular formula is C18H19ClN2O3S. The molecule has 7 heteroatoms. The molecule has 0 bridgehead atoms. The number of carbonyl (C=O) groups excluding carboxylic acids is 2. The lowest BCUT2D eigenvalue weighted by molar-refractivity contribution is -0.148. The van der Waals surface area contributed by atoms with Gasteiger partial charge in [-0.05, 0) is 24.8 Å². The van der Waals surface area contributed by atoms with Gasteiger partial charge in [-0.2, -0.15) is 0 Å². The molecule has 25 heavy (non-hydrogen) atoms. The molecule has 1 aromatic carbocycles. The summed E-state index contributed by atoms with van der Waals surface area (Å²) in [5.41, 5.74) is 1.51. The maximum absolute atomic E-state index is 11.9. The van der Waals surface area contributed by atoms with Crippen molar-refractivity contribution >= 4 is 39.9 Å². The summed E-state index contributed by atoms with van der Waals surface area (Å²) in [4.78, 5) is 28.0. The van der Waals surface area contributed by atoms with E-state index in [9.17, 15) is 9.59 Å². The topological polar surface area (TPSA) is 68.3 Å². The molecule has 1 aliphatic rings. The lowest BCUT2D eigenvalue weighted by Crippen LogP contribution is -2.21. The number of nitrogens with zero attached hydrogens (tertiary/aromatic N) is 1. The Morgan fingerprint density at radius 2 is 2.04 bits per heavy atom. The van der Waals surface area contributed by atoms with E-state index >= 15 is 0 Å². The number of anilines is 1. The van der Waals surface area contributed by atoms with Gasteiger partial charge in [-0.15, -0.1) is 11.3 Å². The van der Waals surface area contributed by atoms with Crippen LogP contribution in [-0.4, -0.2) is 23.5 Å². The second-order valence-corrected chi connectivity index (χ2v) is 7.35. The second kappa shape index (κ2) is 8.45. The van der Waals surface area contributed by atoms with E-state index in [1.54, 1.807) is 6.07 Å². The highest BCUT2D eigenvalue weighted by atomic mass is 35.5. The van der Waals surface area contributed by atoms with Crippen molar-refractivity contribution in [1.29, 1.82) is 0 Å². The summed E-state index contributed by atoms with van der Waals surface area (Å²) >= 11 is 7.45. The van der Waals surface area contributed by atoms with Gasteiger partial charge in [0.15, 0.2) is 11.7 Å². The summed E-state index contributed by atoms with van der Waals surface area (Å²) in [6.07, 6.45) is 4.91. The molecule has 1 fully saturated rings. The quantitative estimate of drug-likeness (QED) is 0.750. The molecule has 2 aromatic rings. The largest absolute Gasteiger partial charge is 0.456 e. The first-order valence-electron chi connectivity index (χ1n) is 8.27. The fraction of sp³-hybridized carbons (Fsp3) is 0.389. The lowest BCUT2D eigenvalue weighted by Gasteiger charge is -2.08. The number of ether oxygens (including phenoxy) is 1. The second-order valence-electron chi connectivity index (χ2n) is 6.08. The maximum Gasteiger partial charge on any atom is 0.306 e. The van der Waals surface area contributed by atoms with E-state index in [1.165, 1.54) is 24.2 Å². The van der Waals surface area contributed by atoms with E-state index < -0.39 is 0 Å². The van der Waals surface area contributed by atoms with E-state index in [-0.39, 0.29) is 18.5 Å². The molecule has 0 radical (unpaired) electrons. The maximum atomic E-state index is 11.9. The van der Waals surface area contributed by atoms with Crippen LogP contribution in [0.25, 0.3) is 11.3 Å². The molecule has 132 valence electrons. The van der Waals surface area contributed by atoms with Crippen LogP contribution in [0.4, 0.5) is 5.13 Å². The van der Waals surface area contributed by atoms with E-state index in [1.807, 2.05) is 23.6 Å². The number of hydrogen-bond donors (Lipinski definition) is 1. The Balaban J connectivity index is 1.48. The summed E-state index contributed by atoms with van der Waals surface area (Å²) in [5.74, 6) is -0.287. The number of benzene rings is 1. The molecule has 0 atom stereocenters. The van der Waals surface area contributed by atoms with Gasteiger partial charge in [-0.3, -0.25) is 14.9 Å². The monoisotopic (exact) mass is 378 g/mol. The molecule has 5 nitrogen and oxygen atoms in total. The third kappa shape index (κ3) is 5.03.